The first-order valence-electron chi connectivity index (χ1n) is 8.59. The van der Waals surface area contributed by atoms with E-state index < -0.39 is 26.7 Å². The minimum Gasteiger partial charge on any atom is -0.207 e. The van der Waals surface area contributed by atoms with Crippen LogP contribution < -0.4 is 0 Å². The molecule has 0 radical (unpaired) electrons. The lowest BCUT2D eigenvalue weighted by Gasteiger charge is -2.31. The number of benzene rings is 2. The van der Waals surface area contributed by atoms with Gasteiger partial charge in [-0.25, -0.2) is 8.42 Å². The molecule has 0 amide bonds. The van der Waals surface area contributed by atoms with Crippen LogP contribution in [0.4, 0.5) is 13.2 Å². The first-order valence-corrected chi connectivity index (χ1v) is 10.4. The second-order valence-electron chi connectivity index (χ2n) is 6.68. The van der Waals surface area contributed by atoms with E-state index in [0.717, 1.165) is 18.6 Å². The highest BCUT2D eigenvalue weighted by Gasteiger charge is 2.35. The van der Waals surface area contributed by atoms with Gasteiger partial charge in [-0.15, -0.1) is 0 Å². The smallest absolute Gasteiger partial charge is 0.207 e. The number of piperidine rings is 1. The average molecular weight is 418 g/mol. The van der Waals surface area contributed by atoms with Gasteiger partial charge < -0.3 is 0 Å². The summed E-state index contributed by atoms with van der Waals surface area (Å²) >= 11 is 5.91. The molecular formula is C19H19ClF3NO2S. The molecule has 2 aromatic carbocycles. The number of hydrogen-bond acceptors (Lipinski definition) is 2. The molecule has 0 bridgehead atoms. The van der Waals surface area contributed by atoms with Crippen LogP contribution in [0.25, 0.3) is 0 Å². The lowest BCUT2D eigenvalue weighted by atomic mass is 9.91. The van der Waals surface area contributed by atoms with Crippen LogP contribution in [-0.4, -0.2) is 25.8 Å². The summed E-state index contributed by atoms with van der Waals surface area (Å²) in [5.41, 5.74) is 0.171. The molecule has 0 N–H and O–H groups in total. The molecule has 0 aliphatic carbocycles. The largest absolute Gasteiger partial charge is 0.416 e. The third kappa shape index (κ3) is 4.65. The van der Waals surface area contributed by atoms with Crippen molar-refractivity contribution in [3.8, 4) is 0 Å². The summed E-state index contributed by atoms with van der Waals surface area (Å²) in [6, 6.07) is 12.3. The van der Waals surface area contributed by atoms with Gasteiger partial charge in [0.1, 0.15) is 4.90 Å². The minimum absolute atomic E-state index is 0.200. The number of sulfonamides is 1. The van der Waals surface area contributed by atoms with Crippen molar-refractivity contribution in [3.63, 3.8) is 0 Å². The van der Waals surface area contributed by atoms with E-state index >= 15 is 0 Å². The minimum atomic E-state index is -4.63. The highest BCUT2D eigenvalue weighted by molar-refractivity contribution is 7.89. The standard InChI is InChI=1S/C19H19ClF3NO2S/c20-17-7-6-16(19(21,22)23)13-18(17)27(25,26)24-10-8-15(9-11-24)12-14-4-2-1-3-5-14/h1-7,13,15H,8-12H2. The van der Waals surface area contributed by atoms with Crippen LogP contribution in [0.15, 0.2) is 53.4 Å². The number of alkyl halides is 3. The van der Waals surface area contributed by atoms with Crippen LogP contribution in [0.5, 0.6) is 0 Å². The van der Waals surface area contributed by atoms with Crippen molar-refractivity contribution >= 4 is 21.6 Å². The fraction of sp³-hybridized carbons (Fsp3) is 0.368. The Hall–Kier alpha value is -1.57. The Bertz CT molecular complexity index is 893. The van der Waals surface area contributed by atoms with Crippen molar-refractivity contribution in [1.29, 1.82) is 0 Å². The summed E-state index contributed by atoms with van der Waals surface area (Å²) < 4.78 is 65.7. The summed E-state index contributed by atoms with van der Waals surface area (Å²) in [5, 5.41) is -0.200. The van der Waals surface area contributed by atoms with E-state index in [1.807, 2.05) is 30.3 Å². The molecule has 0 unspecified atom stereocenters. The molecule has 1 heterocycles. The SMILES string of the molecule is O=S(=O)(c1cc(C(F)(F)F)ccc1Cl)N1CCC(Cc2ccccc2)CC1. The molecule has 2 aromatic rings. The van der Waals surface area contributed by atoms with E-state index in [2.05, 4.69) is 0 Å². The van der Waals surface area contributed by atoms with Crippen LogP contribution in [-0.2, 0) is 22.6 Å². The first kappa shape index (κ1) is 20.2. The van der Waals surface area contributed by atoms with Gasteiger partial charge in [-0.1, -0.05) is 41.9 Å². The van der Waals surface area contributed by atoms with Gasteiger partial charge in [0.2, 0.25) is 10.0 Å². The number of hydrogen-bond donors (Lipinski definition) is 0. The number of halogens is 4. The maximum absolute atomic E-state index is 12.9. The molecule has 0 atom stereocenters. The lowest BCUT2D eigenvalue weighted by molar-refractivity contribution is -0.137. The van der Waals surface area contributed by atoms with Gasteiger partial charge in [-0.05, 0) is 48.9 Å². The van der Waals surface area contributed by atoms with E-state index in [0.29, 0.717) is 24.8 Å². The van der Waals surface area contributed by atoms with E-state index in [-0.39, 0.29) is 18.1 Å². The molecule has 0 spiro atoms. The Kier molecular flexibility index (Phi) is 5.84. The summed E-state index contributed by atoms with van der Waals surface area (Å²) in [6.45, 7) is 0.540. The second kappa shape index (κ2) is 7.81. The van der Waals surface area contributed by atoms with Crippen molar-refractivity contribution in [1.82, 2.24) is 4.31 Å². The fourth-order valence-corrected chi connectivity index (χ4v) is 5.29. The van der Waals surface area contributed by atoms with Gasteiger partial charge in [-0.2, -0.15) is 17.5 Å². The van der Waals surface area contributed by atoms with E-state index in [4.69, 9.17) is 11.6 Å². The Morgan fingerprint density at radius 1 is 1.04 bits per heavy atom. The first-order chi connectivity index (χ1) is 12.7. The molecule has 1 fully saturated rings. The number of nitrogens with zero attached hydrogens (tertiary/aromatic N) is 1. The predicted molar refractivity (Wildman–Crippen MR) is 98.1 cm³/mol. The summed E-state index contributed by atoms with van der Waals surface area (Å²) in [4.78, 5) is -0.486. The Morgan fingerprint density at radius 2 is 1.67 bits per heavy atom. The van der Waals surface area contributed by atoms with Gasteiger partial charge in [0, 0.05) is 13.1 Å². The van der Waals surface area contributed by atoms with Gasteiger partial charge in [0.15, 0.2) is 0 Å². The van der Waals surface area contributed by atoms with E-state index in [1.165, 1.54) is 9.87 Å². The summed E-state index contributed by atoms with van der Waals surface area (Å²) in [5.74, 6) is 0.343. The average Bonchev–Trinajstić information content (AvgIpc) is 2.62. The van der Waals surface area contributed by atoms with Crippen molar-refractivity contribution in [2.75, 3.05) is 13.1 Å². The van der Waals surface area contributed by atoms with Crippen LogP contribution in [0.1, 0.15) is 24.0 Å². The molecule has 1 aliphatic heterocycles. The van der Waals surface area contributed by atoms with E-state index in [9.17, 15) is 21.6 Å². The molecule has 3 rings (SSSR count). The third-order valence-corrected chi connectivity index (χ3v) is 7.20. The van der Waals surface area contributed by atoms with Crippen molar-refractivity contribution in [2.24, 2.45) is 5.92 Å². The summed E-state index contributed by atoms with van der Waals surface area (Å²) in [7, 11) is -4.07. The topological polar surface area (TPSA) is 37.4 Å². The highest BCUT2D eigenvalue weighted by Crippen LogP contribution is 2.35. The molecule has 27 heavy (non-hydrogen) atoms. The van der Waals surface area contributed by atoms with Crippen LogP contribution in [0.3, 0.4) is 0 Å². The maximum atomic E-state index is 12.9. The van der Waals surface area contributed by atoms with E-state index in [1.54, 1.807) is 0 Å². The van der Waals surface area contributed by atoms with Gasteiger partial charge in [0.05, 0.1) is 10.6 Å². The fourth-order valence-electron chi connectivity index (χ4n) is 3.32. The monoisotopic (exact) mass is 417 g/mol. The quantitative estimate of drug-likeness (QED) is 0.701. The molecular weight excluding hydrogens is 399 g/mol. The molecule has 0 aromatic heterocycles. The molecule has 8 heteroatoms. The Balaban J connectivity index is 1.74. The molecule has 3 nitrogen and oxygen atoms in total. The third-order valence-electron chi connectivity index (χ3n) is 4.82. The zero-order valence-electron chi connectivity index (χ0n) is 14.4. The normalized spacial score (nSPS) is 17.2. The van der Waals surface area contributed by atoms with Crippen LogP contribution in [0, 0.1) is 5.92 Å². The van der Waals surface area contributed by atoms with Gasteiger partial charge in [0.25, 0.3) is 0 Å². The molecule has 1 aliphatic rings. The Morgan fingerprint density at radius 3 is 2.26 bits per heavy atom. The predicted octanol–water partition coefficient (Wildman–Crippen LogP) is 5.00. The van der Waals surface area contributed by atoms with Crippen LogP contribution >= 0.6 is 11.6 Å². The van der Waals surface area contributed by atoms with Crippen molar-refractivity contribution in [2.45, 2.75) is 30.3 Å². The van der Waals surface area contributed by atoms with Crippen molar-refractivity contribution < 1.29 is 21.6 Å². The maximum Gasteiger partial charge on any atom is 0.416 e. The lowest BCUT2D eigenvalue weighted by Crippen LogP contribution is -2.39. The van der Waals surface area contributed by atoms with Gasteiger partial charge >= 0.3 is 6.18 Å². The molecule has 0 saturated carbocycles. The van der Waals surface area contributed by atoms with Crippen molar-refractivity contribution in [3.05, 3.63) is 64.7 Å². The Labute approximate surface area is 161 Å². The highest BCUT2D eigenvalue weighted by atomic mass is 35.5. The molecule has 146 valence electrons. The van der Waals surface area contributed by atoms with Gasteiger partial charge in [-0.3, -0.25) is 0 Å². The van der Waals surface area contributed by atoms with Crippen LogP contribution in [0.2, 0.25) is 5.02 Å². The second-order valence-corrected chi connectivity index (χ2v) is 8.99. The zero-order valence-corrected chi connectivity index (χ0v) is 16.0. The zero-order chi connectivity index (χ0) is 19.7. The summed E-state index contributed by atoms with van der Waals surface area (Å²) in [6.07, 6.45) is -2.45. The number of rotatable bonds is 4. The molecule has 1 saturated heterocycles.